The molecule has 78 valence electrons. The number of nitrogens with zero attached hydrogens (tertiary/aromatic N) is 1. The Morgan fingerprint density at radius 2 is 2.21 bits per heavy atom. The van der Waals surface area contributed by atoms with Crippen molar-refractivity contribution in [1.29, 1.82) is 0 Å². The Morgan fingerprint density at radius 3 is 2.86 bits per heavy atom. The summed E-state index contributed by atoms with van der Waals surface area (Å²) in [5, 5.41) is 3.49. The molecule has 1 aliphatic rings. The molecule has 0 amide bonds. The van der Waals surface area contributed by atoms with Gasteiger partial charge in [-0.05, 0) is 33.0 Å². The van der Waals surface area contributed by atoms with Gasteiger partial charge >= 0.3 is 0 Å². The van der Waals surface area contributed by atoms with Crippen molar-refractivity contribution in [2.24, 2.45) is 0 Å². The second-order valence-electron chi connectivity index (χ2n) is 4.14. The maximum Gasteiger partial charge on any atom is 0.0566 e. The number of thiophene rings is 1. The number of nitrogens with one attached hydrogen (secondary N) is 1. The number of aryl methyl sites for hydroxylation is 1. The van der Waals surface area contributed by atoms with Gasteiger partial charge in [-0.2, -0.15) is 0 Å². The second-order valence-corrected chi connectivity index (χ2v) is 5.46. The molecule has 1 saturated heterocycles. The van der Waals surface area contributed by atoms with Crippen LogP contribution in [0, 0.1) is 6.92 Å². The molecule has 2 unspecified atom stereocenters. The number of hydrogen-bond acceptors (Lipinski definition) is 3. The standard InChI is InChI=1S/C11H18N2S/c1-8-6-12-7-10(13(8)3)11-5-4-9(2)14-11/h4-5,8,10,12H,6-7H2,1-3H3. The van der Waals surface area contributed by atoms with E-state index in [0.29, 0.717) is 12.1 Å². The minimum absolute atomic E-state index is 0.567. The molecule has 0 saturated carbocycles. The van der Waals surface area contributed by atoms with Gasteiger partial charge in [-0.3, -0.25) is 4.90 Å². The van der Waals surface area contributed by atoms with Crippen LogP contribution in [0.5, 0.6) is 0 Å². The molecule has 1 N–H and O–H groups in total. The lowest BCUT2D eigenvalue weighted by Gasteiger charge is -2.37. The fourth-order valence-corrected chi connectivity index (χ4v) is 2.99. The fourth-order valence-electron chi connectivity index (χ4n) is 1.96. The molecule has 14 heavy (non-hydrogen) atoms. The molecule has 0 aromatic carbocycles. The highest BCUT2D eigenvalue weighted by Gasteiger charge is 2.26. The number of likely N-dealkylation sites (N-methyl/N-ethyl adjacent to an activating group) is 1. The summed E-state index contributed by atoms with van der Waals surface area (Å²) in [6, 6.07) is 5.68. The molecule has 1 aromatic rings. The average molecular weight is 210 g/mol. The molecule has 1 aliphatic heterocycles. The molecule has 2 atom stereocenters. The van der Waals surface area contributed by atoms with Gasteiger partial charge < -0.3 is 5.32 Å². The van der Waals surface area contributed by atoms with Crippen LogP contribution >= 0.6 is 11.3 Å². The van der Waals surface area contributed by atoms with Gasteiger partial charge in [0, 0.05) is 28.9 Å². The molecule has 0 bridgehead atoms. The lowest BCUT2D eigenvalue weighted by molar-refractivity contribution is 0.144. The Labute approximate surface area is 89.9 Å². The SMILES string of the molecule is Cc1ccc(C2CNCC(C)N2C)s1. The van der Waals surface area contributed by atoms with Crippen molar-refractivity contribution >= 4 is 11.3 Å². The van der Waals surface area contributed by atoms with Crippen LogP contribution in [0.4, 0.5) is 0 Å². The van der Waals surface area contributed by atoms with E-state index in [1.54, 1.807) is 0 Å². The monoisotopic (exact) mass is 210 g/mol. The van der Waals surface area contributed by atoms with Crippen LogP contribution in [-0.2, 0) is 0 Å². The minimum atomic E-state index is 0.567. The van der Waals surface area contributed by atoms with Gasteiger partial charge in [0.05, 0.1) is 6.04 Å². The van der Waals surface area contributed by atoms with Crippen LogP contribution in [0.25, 0.3) is 0 Å². The highest BCUT2D eigenvalue weighted by molar-refractivity contribution is 7.12. The number of rotatable bonds is 1. The summed E-state index contributed by atoms with van der Waals surface area (Å²) in [5.41, 5.74) is 0. The van der Waals surface area contributed by atoms with Gasteiger partial charge in [-0.25, -0.2) is 0 Å². The van der Waals surface area contributed by atoms with Crippen molar-refractivity contribution < 1.29 is 0 Å². The van der Waals surface area contributed by atoms with Crippen LogP contribution in [0.2, 0.25) is 0 Å². The summed E-state index contributed by atoms with van der Waals surface area (Å²) in [4.78, 5) is 5.37. The van der Waals surface area contributed by atoms with Gasteiger partial charge in [0.1, 0.15) is 0 Å². The first-order valence-corrected chi connectivity index (χ1v) is 5.99. The molecule has 0 radical (unpaired) electrons. The molecule has 0 aliphatic carbocycles. The Balaban J connectivity index is 2.17. The lowest BCUT2D eigenvalue weighted by atomic mass is 10.1. The first-order valence-electron chi connectivity index (χ1n) is 5.17. The van der Waals surface area contributed by atoms with Gasteiger partial charge in [-0.15, -0.1) is 11.3 Å². The van der Waals surface area contributed by atoms with Crippen LogP contribution in [-0.4, -0.2) is 31.1 Å². The van der Waals surface area contributed by atoms with Gasteiger partial charge in [-0.1, -0.05) is 0 Å². The van der Waals surface area contributed by atoms with Crippen molar-refractivity contribution in [2.45, 2.75) is 25.9 Å². The van der Waals surface area contributed by atoms with Crippen molar-refractivity contribution in [1.82, 2.24) is 10.2 Å². The fraction of sp³-hybridized carbons (Fsp3) is 0.636. The third-order valence-corrected chi connectivity index (χ3v) is 4.16. The zero-order valence-electron chi connectivity index (χ0n) is 9.08. The first-order chi connectivity index (χ1) is 6.68. The van der Waals surface area contributed by atoms with Crippen molar-refractivity contribution in [3.05, 3.63) is 21.9 Å². The molecule has 1 aromatic heterocycles. The zero-order chi connectivity index (χ0) is 10.1. The van der Waals surface area contributed by atoms with Crippen molar-refractivity contribution in [2.75, 3.05) is 20.1 Å². The average Bonchev–Trinajstić information content (AvgIpc) is 2.57. The quantitative estimate of drug-likeness (QED) is 0.763. The van der Waals surface area contributed by atoms with E-state index >= 15 is 0 Å². The van der Waals surface area contributed by atoms with E-state index in [0.717, 1.165) is 13.1 Å². The Bertz CT molecular complexity index is 308. The van der Waals surface area contributed by atoms with E-state index in [9.17, 15) is 0 Å². The molecular formula is C11H18N2S. The zero-order valence-corrected chi connectivity index (χ0v) is 9.90. The summed E-state index contributed by atoms with van der Waals surface area (Å²) in [6.07, 6.45) is 0. The predicted molar refractivity (Wildman–Crippen MR) is 61.9 cm³/mol. The Morgan fingerprint density at radius 1 is 1.43 bits per heavy atom. The Hall–Kier alpha value is -0.380. The van der Waals surface area contributed by atoms with Crippen LogP contribution in [0.15, 0.2) is 12.1 Å². The molecular weight excluding hydrogens is 192 g/mol. The molecule has 2 rings (SSSR count). The number of hydrogen-bond donors (Lipinski definition) is 1. The maximum atomic E-state index is 3.49. The minimum Gasteiger partial charge on any atom is -0.313 e. The first kappa shape index (κ1) is 10.1. The van der Waals surface area contributed by atoms with E-state index in [1.807, 2.05) is 11.3 Å². The normalized spacial score (nSPS) is 29.4. The van der Waals surface area contributed by atoms with E-state index in [2.05, 4.69) is 43.2 Å². The summed E-state index contributed by atoms with van der Waals surface area (Å²) < 4.78 is 0. The van der Waals surface area contributed by atoms with Gasteiger partial charge in [0.15, 0.2) is 0 Å². The van der Waals surface area contributed by atoms with E-state index in [-0.39, 0.29) is 0 Å². The number of piperazine rings is 1. The summed E-state index contributed by atoms with van der Waals surface area (Å²) in [6.45, 7) is 6.64. The van der Waals surface area contributed by atoms with Crippen LogP contribution in [0.3, 0.4) is 0 Å². The molecule has 1 fully saturated rings. The summed E-state index contributed by atoms with van der Waals surface area (Å²) in [7, 11) is 2.23. The molecule has 2 nitrogen and oxygen atoms in total. The topological polar surface area (TPSA) is 15.3 Å². The largest absolute Gasteiger partial charge is 0.313 e. The summed E-state index contributed by atoms with van der Waals surface area (Å²) in [5.74, 6) is 0. The third-order valence-electron chi connectivity index (χ3n) is 3.05. The van der Waals surface area contributed by atoms with Crippen molar-refractivity contribution in [3.63, 3.8) is 0 Å². The molecule has 3 heteroatoms. The van der Waals surface area contributed by atoms with E-state index in [4.69, 9.17) is 0 Å². The van der Waals surface area contributed by atoms with Crippen LogP contribution in [0.1, 0.15) is 22.7 Å². The predicted octanol–water partition coefficient (Wildman–Crippen LogP) is 2.02. The Kier molecular flexibility index (Phi) is 2.91. The maximum absolute atomic E-state index is 3.49. The smallest absolute Gasteiger partial charge is 0.0566 e. The van der Waals surface area contributed by atoms with Gasteiger partial charge in [0.25, 0.3) is 0 Å². The highest BCUT2D eigenvalue weighted by atomic mass is 32.1. The van der Waals surface area contributed by atoms with E-state index < -0.39 is 0 Å². The lowest BCUT2D eigenvalue weighted by Crippen LogP contribution is -2.49. The van der Waals surface area contributed by atoms with Crippen LogP contribution < -0.4 is 5.32 Å². The van der Waals surface area contributed by atoms with Gasteiger partial charge in [0.2, 0.25) is 0 Å². The third kappa shape index (κ3) is 1.85. The highest BCUT2D eigenvalue weighted by Crippen LogP contribution is 2.28. The molecule has 0 spiro atoms. The molecule has 2 heterocycles. The van der Waals surface area contributed by atoms with Crippen molar-refractivity contribution in [3.8, 4) is 0 Å². The van der Waals surface area contributed by atoms with E-state index in [1.165, 1.54) is 9.75 Å². The second kappa shape index (κ2) is 4.01. The summed E-state index contributed by atoms with van der Waals surface area (Å²) >= 11 is 1.92.